The van der Waals surface area contributed by atoms with Crippen LogP contribution in [-0.2, 0) is 4.74 Å². The average molecular weight is 376 g/mol. The first-order valence-corrected chi connectivity index (χ1v) is 9.48. The number of nitrogens with zero attached hydrogens (tertiary/aromatic N) is 3. The summed E-state index contributed by atoms with van der Waals surface area (Å²) in [5.41, 5.74) is 9.06. The fourth-order valence-corrected chi connectivity index (χ4v) is 3.74. The third-order valence-corrected chi connectivity index (χ3v) is 5.35. The molecule has 1 aromatic heterocycles. The summed E-state index contributed by atoms with van der Waals surface area (Å²) in [4.78, 5) is 13.8. The van der Waals surface area contributed by atoms with Gasteiger partial charge in [0, 0.05) is 22.9 Å². The Morgan fingerprint density at radius 1 is 1.21 bits per heavy atom. The smallest absolute Gasteiger partial charge is 0.248 e. The van der Waals surface area contributed by atoms with Gasteiger partial charge in [-0.05, 0) is 61.7 Å². The summed E-state index contributed by atoms with van der Waals surface area (Å²) in [5.74, 6) is 0.458. The molecule has 0 spiro atoms. The topological polar surface area (TPSA) is 81.3 Å². The van der Waals surface area contributed by atoms with Crippen molar-refractivity contribution < 1.29 is 9.53 Å². The standard InChI is InChI=1S/C22H24N4O2/c1-13-4-5-17(21(23)27)9-20(13)16-6-7-19-18(8-16)10-24-25-22(19)26-11-15(3)28-12-14(26)2/h4-10,14-15H,11-12H2,1-3H3,(H2,23,27)/t14-,15-/m0/s1. The molecule has 1 aliphatic heterocycles. The second-order valence-electron chi connectivity index (χ2n) is 7.51. The second-order valence-corrected chi connectivity index (χ2v) is 7.51. The Bertz CT molecular complexity index is 1050. The van der Waals surface area contributed by atoms with Gasteiger partial charge >= 0.3 is 0 Å². The molecule has 1 fully saturated rings. The average Bonchev–Trinajstić information content (AvgIpc) is 2.69. The highest BCUT2D eigenvalue weighted by molar-refractivity contribution is 5.97. The van der Waals surface area contributed by atoms with E-state index >= 15 is 0 Å². The van der Waals surface area contributed by atoms with Crippen LogP contribution in [0.25, 0.3) is 21.9 Å². The van der Waals surface area contributed by atoms with E-state index in [0.717, 1.165) is 39.8 Å². The summed E-state index contributed by atoms with van der Waals surface area (Å²) < 4.78 is 5.75. The third kappa shape index (κ3) is 3.31. The largest absolute Gasteiger partial charge is 0.375 e. The SMILES string of the molecule is Cc1ccc(C(N)=O)cc1-c1ccc2c(N3C[C@H](C)OC[C@@H]3C)nncc2c1. The van der Waals surface area contributed by atoms with Crippen LogP contribution in [0.15, 0.2) is 42.6 Å². The summed E-state index contributed by atoms with van der Waals surface area (Å²) in [7, 11) is 0. The predicted molar refractivity (Wildman–Crippen MR) is 110 cm³/mol. The van der Waals surface area contributed by atoms with Crippen molar-refractivity contribution >= 4 is 22.5 Å². The lowest BCUT2D eigenvalue weighted by Gasteiger charge is -2.37. The lowest BCUT2D eigenvalue weighted by molar-refractivity contribution is 0.0341. The van der Waals surface area contributed by atoms with Gasteiger partial charge in [0.05, 0.1) is 24.9 Å². The number of carbonyl (C=O) groups is 1. The van der Waals surface area contributed by atoms with Crippen LogP contribution in [0.1, 0.15) is 29.8 Å². The maximum Gasteiger partial charge on any atom is 0.248 e. The highest BCUT2D eigenvalue weighted by Gasteiger charge is 2.26. The summed E-state index contributed by atoms with van der Waals surface area (Å²) in [6.07, 6.45) is 1.94. The first-order valence-electron chi connectivity index (χ1n) is 9.48. The van der Waals surface area contributed by atoms with Crippen LogP contribution in [0.5, 0.6) is 0 Å². The molecule has 144 valence electrons. The zero-order valence-electron chi connectivity index (χ0n) is 16.3. The summed E-state index contributed by atoms with van der Waals surface area (Å²) >= 11 is 0. The number of nitrogens with two attached hydrogens (primary N) is 1. The van der Waals surface area contributed by atoms with Crippen molar-refractivity contribution in [3.63, 3.8) is 0 Å². The quantitative estimate of drug-likeness (QED) is 0.758. The Kier molecular flexibility index (Phi) is 4.73. The van der Waals surface area contributed by atoms with Crippen molar-refractivity contribution in [1.82, 2.24) is 10.2 Å². The molecule has 3 aromatic rings. The number of hydrogen-bond acceptors (Lipinski definition) is 5. The van der Waals surface area contributed by atoms with Gasteiger partial charge in [0.1, 0.15) is 0 Å². The highest BCUT2D eigenvalue weighted by atomic mass is 16.5. The molecule has 1 aliphatic rings. The molecule has 2 atom stereocenters. The van der Waals surface area contributed by atoms with Crippen LogP contribution in [0.3, 0.4) is 0 Å². The minimum Gasteiger partial charge on any atom is -0.375 e. The molecule has 1 amide bonds. The van der Waals surface area contributed by atoms with E-state index in [2.05, 4.69) is 47.1 Å². The zero-order valence-corrected chi connectivity index (χ0v) is 16.3. The van der Waals surface area contributed by atoms with Gasteiger partial charge in [0.15, 0.2) is 5.82 Å². The molecule has 0 bridgehead atoms. The summed E-state index contributed by atoms with van der Waals surface area (Å²) in [6, 6.07) is 12.0. The summed E-state index contributed by atoms with van der Waals surface area (Å²) in [6.45, 7) is 7.70. The molecular weight excluding hydrogens is 352 g/mol. The van der Waals surface area contributed by atoms with Crippen LogP contribution in [-0.4, -0.2) is 41.4 Å². The Balaban J connectivity index is 1.79. The van der Waals surface area contributed by atoms with Crippen molar-refractivity contribution in [2.75, 3.05) is 18.1 Å². The highest BCUT2D eigenvalue weighted by Crippen LogP contribution is 2.32. The normalized spacial score (nSPS) is 19.8. The summed E-state index contributed by atoms with van der Waals surface area (Å²) in [5, 5.41) is 10.7. The van der Waals surface area contributed by atoms with Crippen molar-refractivity contribution in [2.45, 2.75) is 32.9 Å². The minimum atomic E-state index is -0.425. The van der Waals surface area contributed by atoms with E-state index in [1.54, 1.807) is 12.3 Å². The molecule has 2 heterocycles. The van der Waals surface area contributed by atoms with Gasteiger partial charge in [0.25, 0.3) is 0 Å². The molecule has 1 saturated heterocycles. The number of amides is 1. The molecule has 28 heavy (non-hydrogen) atoms. The molecule has 0 aliphatic carbocycles. The van der Waals surface area contributed by atoms with E-state index in [1.165, 1.54) is 0 Å². The van der Waals surface area contributed by atoms with Crippen LogP contribution >= 0.6 is 0 Å². The van der Waals surface area contributed by atoms with Gasteiger partial charge in [-0.2, -0.15) is 5.10 Å². The van der Waals surface area contributed by atoms with Crippen molar-refractivity contribution in [1.29, 1.82) is 0 Å². The maximum absolute atomic E-state index is 11.6. The number of aryl methyl sites for hydroxylation is 1. The second kappa shape index (κ2) is 7.20. The van der Waals surface area contributed by atoms with E-state index in [1.807, 2.05) is 19.1 Å². The van der Waals surface area contributed by atoms with Crippen LogP contribution < -0.4 is 10.6 Å². The Labute approximate surface area is 164 Å². The molecule has 0 saturated carbocycles. The van der Waals surface area contributed by atoms with Crippen LogP contribution in [0.2, 0.25) is 0 Å². The molecule has 6 nitrogen and oxygen atoms in total. The number of aromatic nitrogens is 2. The lowest BCUT2D eigenvalue weighted by Crippen LogP contribution is -2.48. The van der Waals surface area contributed by atoms with E-state index in [0.29, 0.717) is 12.2 Å². The van der Waals surface area contributed by atoms with Crippen LogP contribution in [0.4, 0.5) is 5.82 Å². The lowest BCUT2D eigenvalue weighted by atomic mass is 9.96. The fraction of sp³-hybridized carbons (Fsp3) is 0.318. The minimum absolute atomic E-state index is 0.159. The Hall–Kier alpha value is -2.99. The number of carbonyl (C=O) groups excluding carboxylic acids is 1. The molecule has 0 unspecified atom stereocenters. The molecular formula is C22H24N4O2. The predicted octanol–water partition coefficient (Wildman–Crippen LogP) is 3.32. The first-order chi connectivity index (χ1) is 13.4. The maximum atomic E-state index is 11.6. The number of fused-ring (bicyclic) bond motifs is 1. The Morgan fingerprint density at radius 3 is 2.82 bits per heavy atom. The number of ether oxygens (including phenoxy) is 1. The first kappa shape index (κ1) is 18.4. The zero-order chi connectivity index (χ0) is 19.8. The van der Waals surface area contributed by atoms with Gasteiger partial charge in [-0.1, -0.05) is 12.1 Å². The van der Waals surface area contributed by atoms with E-state index < -0.39 is 5.91 Å². The Morgan fingerprint density at radius 2 is 2.04 bits per heavy atom. The van der Waals surface area contributed by atoms with E-state index in [4.69, 9.17) is 10.5 Å². The van der Waals surface area contributed by atoms with Crippen molar-refractivity contribution in [3.05, 3.63) is 53.7 Å². The van der Waals surface area contributed by atoms with Crippen molar-refractivity contribution in [2.24, 2.45) is 5.73 Å². The van der Waals surface area contributed by atoms with E-state index in [9.17, 15) is 4.79 Å². The number of primary amides is 1. The molecule has 0 radical (unpaired) electrons. The number of morpholine rings is 1. The third-order valence-electron chi connectivity index (χ3n) is 5.35. The number of benzene rings is 2. The molecule has 2 N–H and O–H groups in total. The molecule has 4 rings (SSSR count). The van der Waals surface area contributed by atoms with Gasteiger partial charge in [-0.15, -0.1) is 5.10 Å². The molecule has 6 heteroatoms. The van der Waals surface area contributed by atoms with E-state index in [-0.39, 0.29) is 12.1 Å². The van der Waals surface area contributed by atoms with Crippen molar-refractivity contribution in [3.8, 4) is 11.1 Å². The number of hydrogen-bond donors (Lipinski definition) is 1. The van der Waals surface area contributed by atoms with Gasteiger partial charge in [0.2, 0.25) is 5.91 Å². The fourth-order valence-electron chi connectivity index (χ4n) is 3.74. The van der Waals surface area contributed by atoms with Gasteiger partial charge < -0.3 is 15.4 Å². The number of rotatable bonds is 3. The van der Waals surface area contributed by atoms with Gasteiger partial charge in [-0.3, -0.25) is 4.79 Å². The monoisotopic (exact) mass is 376 g/mol. The van der Waals surface area contributed by atoms with Crippen LogP contribution in [0, 0.1) is 6.92 Å². The number of anilines is 1. The van der Waals surface area contributed by atoms with Gasteiger partial charge in [-0.25, -0.2) is 0 Å². The molecule has 2 aromatic carbocycles.